The molecule has 0 aliphatic heterocycles. The zero-order valence-corrected chi connectivity index (χ0v) is 13.2. The normalized spacial score (nSPS) is 10.5. The highest BCUT2D eigenvalue weighted by Crippen LogP contribution is 2.20. The first-order chi connectivity index (χ1) is 9.08. The maximum absolute atomic E-state index is 5.79. The third-order valence-corrected chi connectivity index (χ3v) is 3.69. The Morgan fingerprint density at radius 2 is 1.95 bits per heavy atom. The molecule has 0 unspecified atom stereocenters. The molecule has 4 nitrogen and oxygen atoms in total. The molecule has 1 aromatic heterocycles. The van der Waals surface area contributed by atoms with Crippen LogP contribution in [0.15, 0.2) is 40.0 Å². The fourth-order valence-corrected chi connectivity index (χ4v) is 2.31. The van der Waals surface area contributed by atoms with Crippen LogP contribution in [-0.4, -0.2) is 23.3 Å². The predicted octanol–water partition coefficient (Wildman–Crippen LogP) is 3.18. The number of nitrogens with two attached hydrogens (primary N) is 1. The Kier molecular flexibility index (Phi) is 4.66. The van der Waals surface area contributed by atoms with E-state index in [4.69, 9.17) is 5.73 Å². The van der Waals surface area contributed by atoms with Gasteiger partial charge in [0.05, 0.1) is 0 Å². The summed E-state index contributed by atoms with van der Waals surface area (Å²) in [6.45, 7) is 0.775. The topological polar surface area (TPSA) is 55.0 Å². The van der Waals surface area contributed by atoms with E-state index in [0.717, 1.165) is 16.8 Å². The zero-order chi connectivity index (χ0) is 13.8. The highest BCUT2D eigenvalue weighted by Gasteiger charge is 2.07. The van der Waals surface area contributed by atoms with Gasteiger partial charge in [0.1, 0.15) is 11.6 Å². The summed E-state index contributed by atoms with van der Waals surface area (Å²) in [5, 5.41) is 0.692. The van der Waals surface area contributed by atoms with Gasteiger partial charge in [0, 0.05) is 24.1 Å². The second kappa shape index (κ2) is 6.25. The Bertz CT molecular complexity index is 559. The van der Waals surface area contributed by atoms with Crippen LogP contribution >= 0.6 is 27.7 Å². The van der Waals surface area contributed by atoms with Crippen molar-refractivity contribution in [2.45, 2.75) is 11.7 Å². The van der Waals surface area contributed by atoms with E-state index in [9.17, 15) is 0 Å². The van der Waals surface area contributed by atoms with Gasteiger partial charge in [-0.1, -0.05) is 39.8 Å². The van der Waals surface area contributed by atoms with Crippen LogP contribution in [0, 0.1) is 0 Å². The summed E-state index contributed by atoms with van der Waals surface area (Å²) < 4.78 is 1.08. The molecule has 0 amide bonds. The molecule has 0 bridgehead atoms. The molecular weight excluding hydrogens is 324 g/mol. The average Bonchev–Trinajstić information content (AvgIpc) is 2.40. The summed E-state index contributed by atoms with van der Waals surface area (Å²) in [4.78, 5) is 10.7. The molecule has 2 aromatic rings. The lowest BCUT2D eigenvalue weighted by Crippen LogP contribution is -2.18. The third kappa shape index (κ3) is 3.84. The van der Waals surface area contributed by atoms with E-state index in [2.05, 4.69) is 42.9 Å². The molecule has 100 valence electrons. The van der Waals surface area contributed by atoms with Gasteiger partial charge in [0.25, 0.3) is 0 Å². The first kappa shape index (κ1) is 14.1. The number of nitrogens with zero attached hydrogens (tertiary/aromatic N) is 3. The summed E-state index contributed by atoms with van der Waals surface area (Å²) in [5.41, 5.74) is 7.01. The minimum atomic E-state index is 0.497. The summed E-state index contributed by atoms with van der Waals surface area (Å²) >= 11 is 4.92. The number of hydrogen-bond donors (Lipinski definition) is 1. The molecule has 1 aromatic carbocycles. The van der Waals surface area contributed by atoms with Gasteiger partial charge in [-0.25, -0.2) is 9.97 Å². The van der Waals surface area contributed by atoms with Gasteiger partial charge >= 0.3 is 0 Å². The summed E-state index contributed by atoms with van der Waals surface area (Å²) in [6, 6.07) is 10.0. The molecule has 0 saturated heterocycles. The summed E-state index contributed by atoms with van der Waals surface area (Å²) in [5.74, 6) is 1.33. The molecule has 2 N–H and O–H groups in total. The number of rotatable bonds is 4. The van der Waals surface area contributed by atoms with Crippen molar-refractivity contribution in [3.63, 3.8) is 0 Å². The first-order valence-corrected chi connectivity index (χ1v) is 7.74. The van der Waals surface area contributed by atoms with Crippen molar-refractivity contribution < 1.29 is 0 Å². The van der Waals surface area contributed by atoms with E-state index in [1.165, 1.54) is 17.3 Å². The number of halogens is 1. The smallest absolute Gasteiger partial charge is 0.191 e. The Balaban J connectivity index is 2.17. The van der Waals surface area contributed by atoms with Crippen LogP contribution in [0.2, 0.25) is 0 Å². The van der Waals surface area contributed by atoms with Crippen molar-refractivity contribution in [2.75, 3.05) is 23.9 Å². The largest absolute Gasteiger partial charge is 0.383 e. The van der Waals surface area contributed by atoms with Crippen LogP contribution in [0.4, 0.5) is 11.6 Å². The third-order valence-electron chi connectivity index (χ3n) is 2.62. The van der Waals surface area contributed by atoms with Crippen molar-refractivity contribution in [2.24, 2.45) is 0 Å². The maximum atomic E-state index is 5.79. The van der Waals surface area contributed by atoms with E-state index in [1.807, 2.05) is 25.4 Å². The second-order valence-corrected chi connectivity index (χ2v) is 5.81. The van der Waals surface area contributed by atoms with Gasteiger partial charge in [-0.05, 0) is 24.0 Å². The molecule has 0 fully saturated rings. The molecule has 0 aliphatic rings. The van der Waals surface area contributed by atoms with Crippen LogP contribution < -0.4 is 10.6 Å². The van der Waals surface area contributed by atoms with E-state index in [1.54, 1.807) is 6.07 Å². The molecule has 0 spiro atoms. The van der Waals surface area contributed by atoms with Crippen LogP contribution in [0.25, 0.3) is 0 Å². The van der Waals surface area contributed by atoms with Crippen molar-refractivity contribution in [3.8, 4) is 0 Å². The second-order valence-electron chi connectivity index (χ2n) is 4.12. The van der Waals surface area contributed by atoms with Crippen LogP contribution in [0.3, 0.4) is 0 Å². The Morgan fingerprint density at radius 1 is 1.26 bits per heavy atom. The van der Waals surface area contributed by atoms with Gasteiger partial charge < -0.3 is 10.6 Å². The lowest BCUT2D eigenvalue weighted by Gasteiger charge is -2.19. The fraction of sp³-hybridized carbons (Fsp3) is 0.231. The van der Waals surface area contributed by atoms with E-state index >= 15 is 0 Å². The number of aromatic nitrogens is 2. The van der Waals surface area contributed by atoms with Crippen molar-refractivity contribution in [1.82, 2.24) is 9.97 Å². The first-order valence-electron chi connectivity index (χ1n) is 5.72. The molecule has 0 atom stereocenters. The Labute approximate surface area is 125 Å². The van der Waals surface area contributed by atoms with Crippen molar-refractivity contribution in [1.29, 1.82) is 0 Å². The number of benzene rings is 1. The fourth-order valence-electron chi connectivity index (χ4n) is 1.66. The standard InChI is InChI=1S/C13H15BrN4S/c1-18(8-9-3-5-10(14)6-4-9)12-7-11(15)16-13(17-12)19-2/h3-7H,8H2,1-2H3,(H2,15,16,17). The number of nitrogen functional groups attached to an aromatic ring is 1. The number of hydrogen-bond acceptors (Lipinski definition) is 5. The van der Waals surface area contributed by atoms with Crippen molar-refractivity contribution >= 4 is 39.3 Å². The highest BCUT2D eigenvalue weighted by molar-refractivity contribution is 9.10. The SMILES string of the molecule is CSc1nc(N)cc(N(C)Cc2ccc(Br)cc2)n1. The minimum Gasteiger partial charge on any atom is -0.383 e. The maximum Gasteiger partial charge on any atom is 0.191 e. The minimum absolute atomic E-state index is 0.497. The van der Waals surface area contributed by atoms with Crippen LogP contribution in [0.5, 0.6) is 0 Å². The molecule has 6 heteroatoms. The molecule has 19 heavy (non-hydrogen) atoms. The van der Waals surface area contributed by atoms with E-state index < -0.39 is 0 Å². The van der Waals surface area contributed by atoms with E-state index in [-0.39, 0.29) is 0 Å². The molecule has 0 aliphatic carbocycles. The zero-order valence-electron chi connectivity index (χ0n) is 10.8. The van der Waals surface area contributed by atoms with Gasteiger partial charge in [-0.2, -0.15) is 0 Å². The molecule has 2 rings (SSSR count). The highest BCUT2D eigenvalue weighted by atomic mass is 79.9. The monoisotopic (exact) mass is 338 g/mol. The Morgan fingerprint density at radius 3 is 2.58 bits per heavy atom. The van der Waals surface area contributed by atoms with Crippen LogP contribution in [-0.2, 0) is 6.54 Å². The molecule has 0 radical (unpaired) electrons. The predicted molar refractivity (Wildman–Crippen MR) is 84.5 cm³/mol. The average molecular weight is 339 g/mol. The van der Waals surface area contributed by atoms with Gasteiger partial charge in [0.15, 0.2) is 5.16 Å². The van der Waals surface area contributed by atoms with E-state index in [0.29, 0.717) is 11.0 Å². The summed E-state index contributed by atoms with van der Waals surface area (Å²) in [6.07, 6.45) is 1.94. The van der Waals surface area contributed by atoms with Gasteiger partial charge in [-0.15, -0.1) is 0 Å². The lowest BCUT2D eigenvalue weighted by atomic mass is 10.2. The van der Waals surface area contributed by atoms with Gasteiger partial charge in [-0.3, -0.25) is 0 Å². The molecule has 1 heterocycles. The molecular formula is C13H15BrN4S. The van der Waals surface area contributed by atoms with Crippen molar-refractivity contribution in [3.05, 3.63) is 40.4 Å². The van der Waals surface area contributed by atoms with Crippen LogP contribution in [0.1, 0.15) is 5.56 Å². The summed E-state index contributed by atoms with van der Waals surface area (Å²) in [7, 11) is 1.99. The quantitative estimate of drug-likeness (QED) is 0.685. The molecule has 0 saturated carbocycles. The van der Waals surface area contributed by atoms with Gasteiger partial charge in [0.2, 0.25) is 0 Å². The number of anilines is 2. The number of thioether (sulfide) groups is 1. The lowest BCUT2D eigenvalue weighted by molar-refractivity contribution is 0.860. The Hall–Kier alpha value is -1.27.